The number of nitrogens with zero attached hydrogens (tertiary/aromatic N) is 2. The minimum absolute atomic E-state index is 0.0590. The van der Waals surface area contributed by atoms with Gasteiger partial charge in [0.05, 0.1) is 23.2 Å². The van der Waals surface area contributed by atoms with Crippen LogP contribution in [0.3, 0.4) is 0 Å². The molecule has 0 saturated heterocycles. The number of carbonyl (C=O) groups is 1. The highest BCUT2D eigenvalue weighted by Gasteiger charge is 2.19. The Bertz CT molecular complexity index is 1400. The van der Waals surface area contributed by atoms with Gasteiger partial charge in [-0.1, -0.05) is 24.3 Å². The summed E-state index contributed by atoms with van der Waals surface area (Å²) in [6.07, 6.45) is 2.68. The molecule has 10 heteroatoms. The maximum Gasteiger partial charge on any atom is 0.273 e. The molecule has 172 valence electrons. The highest BCUT2D eigenvalue weighted by molar-refractivity contribution is 7.94. The number of anilines is 1. The third kappa shape index (κ3) is 5.66. The van der Waals surface area contributed by atoms with Crippen LogP contribution in [0, 0.1) is 0 Å². The van der Waals surface area contributed by atoms with Gasteiger partial charge in [-0.2, -0.15) is 5.10 Å². The lowest BCUT2D eigenvalue weighted by Gasteiger charge is -2.10. The van der Waals surface area contributed by atoms with Crippen LogP contribution in [-0.4, -0.2) is 25.0 Å². The fourth-order valence-electron chi connectivity index (χ4n) is 2.93. The molecule has 0 bridgehead atoms. The number of nitrogens with one attached hydrogen (secondary N) is 2. The van der Waals surface area contributed by atoms with Crippen LogP contribution in [-0.2, 0) is 10.0 Å². The van der Waals surface area contributed by atoms with E-state index in [2.05, 4.69) is 20.2 Å². The number of aromatic nitrogens is 1. The Labute approximate surface area is 201 Å². The van der Waals surface area contributed by atoms with Crippen LogP contribution in [0.1, 0.15) is 22.8 Å². The van der Waals surface area contributed by atoms with Crippen molar-refractivity contribution in [3.8, 4) is 11.5 Å². The zero-order valence-corrected chi connectivity index (χ0v) is 19.6. The molecular formula is C24H20N4O4S2. The van der Waals surface area contributed by atoms with Gasteiger partial charge in [-0.3, -0.25) is 14.5 Å². The predicted molar refractivity (Wildman–Crippen MR) is 132 cm³/mol. The van der Waals surface area contributed by atoms with E-state index in [1.54, 1.807) is 18.4 Å². The topological polar surface area (TPSA) is 110 Å². The number of sulfonamides is 1. The normalized spacial score (nSPS) is 11.6. The predicted octanol–water partition coefficient (Wildman–Crippen LogP) is 4.89. The van der Waals surface area contributed by atoms with Crippen LogP contribution in [0.2, 0.25) is 0 Å². The van der Waals surface area contributed by atoms with Gasteiger partial charge in [0.25, 0.3) is 15.9 Å². The largest absolute Gasteiger partial charge is 0.457 e. The van der Waals surface area contributed by atoms with Gasteiger partial charge in [-0.15, -0.1) is 11.3 Å². The Morgan fingerprint density at radius 2 is 1.71 bits per heavy atom. The van der Waals surface area contributed by atoms with E-state index in [0.717, 1.165) is 22.6 Å². The van der Waals surface area contributed by atoms with E-state index in [9.17, 15) is 13.2 Å². The second-order valence-electron chi connectivity index (χ2n) is 7.04. The first-order chi connectivity index (χ1) is 16.4. The number of hydrogen-bond donors (Lipinski definition) is 2. The number of rotatable bonds is 8. The Hall–Kier alpha value is -4.02. The zero-order chi connectivity index (χ0) is 24.0. The Morgan fingerprint density at radius 3 is 2.41 bits per heavy atom. The molecule has 34 heavy (non-hydrogen) atoms. The van der Waals surface area contributed by atoms with Crippen molar-refractivity contribution < 1.29 is 17.9 Å². The van der Waals surface area contributed by atoms with E-state index in [1.165, 1.54) is 24.5 Å². The van der Waals surface area contributed by atoms with Crippen molar-refractivity contribution in [2.75, 3.05) is 4.72 Å². The van der Waals surface area contributed by atoms with Crippen molar-refractivity contribution in [1.29, 1.82) is 0 Å². The number of carbonyl (C=O) groups excluding carboxylic acids is 1. The Kier molecular flexibility index (Phi) is 7.00. The van der Waals surface area contributed by atoms with E-state index >= 15 is 0 Å². The minimum atomic E-state index is -3.83. The summed E-state index contributed by atoms with van der Waals surface area (Å²) in [6.45, 7) is 1.75. The van der Waals surface area contributed by atoms with E-state index in [1.807, 2.05) is 54.6 Å². The first kappa shape index (κ1) is 23.1. The molecule has 2 aromatic carbocycles. The van der Waals surface area contributed by atoms with E-state index in [-0.39, 0.29) is 15.5 Å². The SMILES string of the molecule is CC(=NNC(=O)c1ccncc1NS(=O)(=O)c1cccs1)c1ccc(Oc2ccccc2)cc1. The van der Waals surface area contributed by atoms with Gasteiger partial charge >= 0.3 is 0 Å². The molecule has 0 fully saturated rings. The molecule has 0 aliphatic carbocycles. The van der Waals surface area contributed by atoms with Gasteiger partial charge < -0.3 is 4.74 Å². The van der Waals surface area contributed by atoms with E-state index in [4.69, 9.17) is 4.74 Å². The summed E-state index contributed by atoms with van der Waals surface area (Å²) in [7, 11) is -3.83. The summed E-state index contributed by atoms with van der Waals surface area (Å²) in [6, 6.07) is 21.2. The fraction of sp³-hybridized carbons (Fsp3) is 0.0417. The molecule has 2 aromatic heterocycles. The summed E-state index contributed by atoms with van der Waals surface area (Å²) in [5.41, 5.74) is 3.98. The lowest BCUT2D eigenvalue weighted by molar-refractivity contribution is 0.0955. The quantitative estimate of drug-likeness (QED) is 0.269. The summed E-state index contributed by atoms with van der Waals surface area (Å²) >= 11 is 1.07. The molecule has 0 spiro atoms. The molecule has 0 aliphatic rings. The van der Waals surface area contributed by atoms with Crippen molar-refractivity contribution in [3.63, 3.8) is 0 Å². The molecule has 4 rings (SSSR count). The summed E-state index contributed by atoms with van der Waals surface area (Å²) in [5.74, 6) is 0.830. The van der Waals surface area contributed by atoms with Crippen molar-refractivity contribution in [2.45, 2.75) is 11.1 Å². The van der Waals surface area contributed by atoms with Gasteiger partial charge in [0.15, 0.2) is 0 Å². The number of ether oxygens (including phenoxy) is 1. The lowest BCUT2D eigenvalue weighted by atomic mass is 10.1. The van der Waals surface area contributed by atoms with E-state index in [0.29, 0.717) is 11.5 Å². The van der Waals surface area contributed by atoms with Gasteiger partial charge in [0.1, 0.15) is 15.7 Å². The molecule has 4 aromatic rings. The standard InChI is InChI=1S/C24H20N4O4S2/c1-17(18-9-11-20(12-10-18)32-19-6-3-2-4-7-19)26-27-24(29)21-13-14-25-16-22(21)28-34(30,31)23-8-5-15-33-23/h2-16,28H,1H3,(H,27,29). The molecule has 0 unspecified atom stereocenters. The number of amides is 1. The van der Waals surface area contributed by atoms with Crippen LogP contribution < -0.4 is 14.9 Å². The number of hydrogen-bond acceptors (Lipinski definition) is 7. The maximum atomic E-state index is 12.7. The van der Waals surface area contributed by atoms with Crippen molar-refractivity contribution in [1.82, 2.24) is 10.4 Å². The Morgan fingerprint density at radius 1 is 0.971 bits per heavy atom. The van der Waals surface area contributed by atoms with Gasteiger partial charge in [0, 0.05) is 6.20 Å². The molecule has 0 atom stereocenters. The van der Waals surface area contributed by atoms with Crippen molar-refractivity contribution >= 4 is 38.7 Å². The smallest absolute Gasteiger partial charge is 0.273 e. The monoisotopic (exact) mass is 492 g/mol. The number of pyridine rings is 1. The third-order valence-corrected chi connectivity index (χ3v) is 7.41. The van der Waals surface area contributed by atoms with E-state index < -0.39 is 15.9 Å². The molecule has 2 heterocycles. The van der Waals surface area contributed by atoms with Crippen LogP contribution in [0.4, 0.5) is 5.69 Å². The number of para-hydroxylation sites is 1. The highest BCUT2D eigenvalue weighted by Crippen LogP contribution is 2.23. The molecule has 0 aliphatic heterocycles. The van der Waals surface area contributed by atoms with Gasteiger partial charge in [0.2, 0.25) is 0 Å². The minimum Gasteiger partial charge on any atom is -0.457 e. The highest BCUT2D eigenvalue weighted by atomic mass is 32.2. The number of hydrazone groups is 1. The fourth-order valence-corrected chi connectivity index (χ4v) is 4.99. The third-order valence-electron chi connectivity index (χ3n) is 4.65. The lowest BCUT2D eigenvalue weighted by Crippen LogP contribution is -2.22. The van der Waals surface area contributed by atoms with Crippen LogP contribution >= 0.6 is 11.3 Å². The molecule has 0 saturated carbocycles. The summed E-state index contributed by atoms with van der Waals surface area (Å²) < 4.78 is 33.4. The van der Waals surface area contributed by atoms with Crippen LogP contribution in [0.25, 0.3) is 0 Å². The van der Waals surface area contributed by atoms with Gasteiger partial charge in [-0.25, -0.2) is 13.8 Å². The first-order valence-corrected chi connectivity index (χ1v) is 12.5. The number of thiophene rings is 1. The summed E-state index contributed by atoms with van der Waals surface area (Å²) in [5, 5.41) is 5.81. The summed E-state index contributed by atoms with van der Waals surface area (Å²) in [4.78, 5) is 16.7. The van der Waals surface area contributed by atoms with Crippen molar-refractivity contribution in [3.05, 3.63) is 102 Å². The molecule has 0 radical (unpaired) electrons. The molecule has 2 N–H and O–H groups in total. The Balaban J connectivity index is 1.44. The van der Waals surface area contributed by atoms with Crippen LogP contribution in [0.15, 0.2) is 99.9 Å². The zero-order valence-electron chi connectivity index (χ0n) is 18.0. The van der Waals surface area contributed by atoms with Gasteiger partial charge in [-0.05, 0) is 66.4 Å². The van der Waals surface area contributed by atoms with Crippen molar-refractivity contribution in [2.24, 2.45) is 5.10 Å². The average molecular weight is 493 g/mol. The second-order valence-corrected chi connectivity index (χ2v) is 9.89. The first-order valence-electron chi connectivity index (χ1n) is 10.1. The molecular weight excluding hydrogens is 472 g/mol. The van der Waals surface area contributed by atoms with Crippen LogP contribution in [0.5, 0.6) is 11.5 Å². The molecule has 1 amide bonds. The molecule has 8 nitrogen and oxygen atoms in total. The second kappa shape index (κ2) is 10.3. The maximum absolute atomic E-state index is 12.7. The average Bonchev–Trinajstić information content (AvgIpc) is 3.40. The number of benzene rings is 2.